The maximum atomic E-state index is 11.8. The molecule has 0 aromatic heterocycles. The van der Waals surface area contributed by atoms with Crippen molar-refractivity contribution in [3.8, 4) is 0 Å². The van der Waals surface area contributed by atoms with E-state index in [1.165, 1.54) is 0 Å². The van der Waals surface area contributed by atoms with Gasteiger partial charge in [-0.1, -0.05) is 13.8 Å². The number of hydrogen-bond acceptors (Lipinski definition) is 3. The Labute approximate surface area is 121 Å². The van der Waals surface area contributed by atoms with Gasteiger partial charge in [0.05, 0.1) is 0 Å². The Bertz CT molecular complexity index is 344. The first kappa shape index (κ1) is 16.8. The van der Waals surface area contributed by atoms with Crippen molar-refractivity contribution in [1.29, 1.82) is 0 Å². The van der Waals surface area contributed by atoms with Crippen molar-refractivity contribution in [1.82, 2.24) is 10.6 Å². The largest absolute Gasteiger partial charge is 0.444 e. The molecule has 0 bridgehead atoms. The molecule has 2 amide bonds. The van der Waals surface area contributed by atoms with E-state index in [0.29, 0.717) is 12.5 Å². The number of carbonyl (C=O) groups is 2. The zero-order valence-corrected chi connectivity index (χ0v) is 13.3. The Balaban J connectivity index is 2.41. The van der Waals surface area contributed by atoms with E-state index in [2.05, 4.69) is 24.5 Å². The summed E-state index contributed by atoms with van der Waals surface area (Å²) in [6, 6.07) is -0.0902. The lowest BCUT2D eigenvalue weighted by Gasteiger charge is -2.24. The van der Waals surface area contributed by atoms with Gasteiger partial charge in [-0.2, -0.15) is 0 Å². The molecular weight excluding hydrogens is 256 g/mol. The van der Waals surface area contributed by atoms with Crippen molar-refractivity contribution in [2.45, 2.75) is 65.5 Å². The molecule has 1 fully saturated rings. The predicted octanol–water partition coefficient (Wildman–Crippen LogP) is 2.45. The van der Waals surface area contributed by atoms with E-state index in [9.17, 15) is 9.59 Å². The van der Waals surface area contributed by atoms with Gasteiger partial charge < -0.3 is 15.4 Å². The highest BCUT2D eigenvalue weighted by molar-refractivity contribution is 5.80. The maximum Gasteiger partial charge on any atom is 0.407 e. The van der Waals surface area contributed by atoms with Gasteiger partial charge in [-0.15, -0.1) is 0 Å². The van der Waals surface area contributed by atoms with Crippen LogP contribution in [0.1, 0.15) is 53.9 Å². The molecule has 0 spiro atoms. The van der Waals surface area contributed by atoms with Crippen LogP contribution in [-0.2, 0) is 9.53 Å². The summed E-state index contributed by atoms with van der Waals surface area (Å²) in [5.41, 5.74) is -0.510. The predicted molar refractivity (Wildman–Crippen MR) is 78.3 cm³/mol. The third kappa shape index (κ3) is 7.36. The van der Waals surface area contributed by atoms with Gasteiger partial charge in [-0.25, -0.2) is 4.79 Å². The molecule has 1 rings (SSSR count). The molecule has 0 unspecified atom stereocenters. The fraction of sp³-hybridized carbons (Fsp3) is 0.867. The Morgan fingerprint density at radius 3 is 2.30 bits per heavy atom. The minimum Gasteiger partial charge on any atom is -0.444 e. The van der Waals surface area contributed by atoms with E-state index in [1.807, 2.05) is 20.8 Å². The topological polar surface area (TPSA) is 67.4 Å². The van der Waals surface area contributed by atoms with Crippen LogP contribution >= 0.6 is 0 Å². The first-order valence-corrected chi connectivity index (χ1v) is 7.44. The third-order valence-corrected chi connectivity index (χ3v) is 2.95. The third-order valence-electron chi connectivity index (χ3n) is 2.95. The van der Waals surface area contributed by atoms with Crippen molar-refractivity contribution in [2.24, 2.45) is 11.8 Å². The summed E-state index contributed by atoms with van der Waals surface area (Å²) >= 11 is 0. The number of carbonyl (C=O) groups excluding carboxylic acids is 2. The van der Waals surface area contributed by atoms with E-state index >= 15 is 0 Å². The second-order valence-corrected chi connectivity index (χ2v) is 6.99. The fourth-order valence-electron chi connectivity index (χ4n) is 1.95. The molecule has 5 heteroatoms. The Hall–Kier alpha value is -1.26. The van der Waals surface area contributed by atoms with E-state index in [0.717, 1.165) is 19.3 Å². The van der Waals surface area contributed by atoms with E-state index < -0.39 is 11.7 Å². The fourth-order valence-corrected chi connectivity index (χ4v) is 1.95. The van der Waals surface area contributed by atoms with Crippen LogP contribution in [0.25, 0.3) is 0 Å². The SMILES string of the molecule is CC(C)C[C@@H](CNC(=O)C1CC1)NC(=O)OC(C)(C)C. The molecule has 5 nitrogen and oxygen atoms in total. The molecular formula is C15H28N2O3. The summed E-state index contributed by atoms with van der Waals surface area (Å²) < 4.78 is 5.25. The zero-order chi connectivity index (χ0) is 15.3. The Morgan fingerprint density at radius 2 is 1.85 bits per heavy atom. The van der Waals surface area contributed by atoms with E-state index in [1.54, 1.807) is 0 Å². The van der Waals surface area contributed by atoms with E-state index in [4.69, 9.17) is 4.74 Å². The Kier molecular flexibility index (Phi) is 5.84. The summed E-state index contributed by atoms with van der Waals surface area (Å²) in [6.07, 6.45) is 2.36. The van der Waals surface area contributed by atoms with Gasteiger partial charge in [0.1, 0.15) is 5.60 Å². The van der Waals surface area contributed by atoms with Crippen LogP contribution in [0.2, 0.25) is 0 Å². The van der Waals surface area contributed by atoms with Gasteiger partial charge in [0.2, 0.25) is 5.91 Å². The number of hydrogen-bond donors (Lipinski definition) is 2. The molecule has 0 aliphatic heterocycles. The quantitative estimate of drug-likeness (QED) is 0.787. The van der Waals surface area contributed by atoms with E-state index in [-0.39, 0.29) is 17.9 Å². The van der Waals surface area contributed by atoms with Crippen LogP contribution in [0, 0.1) is 11.8 Å². The normalized spacial score (nSPS) is 16.7. The zero-order valence-electron chi connectivity index (χ0n) is 13.3. The number of amides is 2. The van der Waals surface area contributed by atoms with Crippen LogP contribution < -0.4 is 10.6 Å². The van der Waals surface area contributed by atoms with Gasteiger partial charge >= 0.3 is 6.09 Å². The van der Waals surface area contributed by atoms with Crippen molar-refractivity contribution >= 4 is 12.0 Å². The van der Waals surface area contributed by atoms with Crippen molar-refractivity contribution in [3.05, 3.63) is 0 Å². The first-order chi connectivity index (χ1) is 9.17. The van der Waals surface area contributed by atoms with Crippen molar-refractivity contribution in [3.63, 3.8) is 0 Å². The second-order valence-electron chi connectivity index (χ2n) is 6.99. The minimum atomic E-state index is -0.510. The molecule has 0 radical (unpaired) electrons. The highest BCUT2D eigenvalue weighted by atomic mass is 16.6. The molecule has 0 aromatic rings. The highest BCUT2D eigenvalue weighted by Crippen LogP contribution is 2.28. The summed E-state index contributed by atoms with van der Waals surface area (Å²) in [4.78, 5) is 23.5. The van der Waals surface area contributed by atoms with Crippen LogP contribution in [0.3, 0.4) is 0 Å². The molecule has 116 valence electrons. The number of nitrogens with one attached hydrogen (secondary N) is 2. The van der Waals surface area contributed by atoms with Crippen LogP contribution in [0.15, 0.2) is 0 Å². The highest BCUT2D eigenvalue weighted by Gasteiger charge is 2.30. The van der Waals surface area contributed by atoms with Crippen LogP contribution in [-0.4, -0.2) is 30.2 Å². The minimum absolute atomic E-state index is 0.0902. The molecule has 0 aromatic carbocycles. The molecule has 1 aliphatic rings. The monoisotopic (exact) mass is 284 g/mol. The second kappa shape index (κ2) is 6.95. The number of rotatable bonds is 6. The molecule has 20 heavy (non-hydrogen) atoms. The summed E-state index contributed by atoms with van der Waals surface area (Å²) in [6.45, 7) is 10.1. The average Bonchev–Trinajstić information content (AvgIpc) is 3.05. The molecule has 1 atom stereocenters. The smallest absolute Gasteiger partial charge is 0.407 e. The van der Waals surface area contributed by atoms with Gasteiger partial charge in [-0.05, 0) is 46.0 Å². The van der Waals surface area contributed by atoms with Crippen LogP contribution in [0.4, 0.5) is 4.79 Å². The molecule has 1 aliphatic carbocycles. The van der Waals surface area contributed by atoms with Gasteiger partial charge in [0.25, 0.3) is 0 Å². The summed E-state index contributed by atoms with van der Waals surface area (Å²) in [7, 11) is 0. The van der Waals surface area contributed by atoms with Gasteiger partial charge in [-0.3, -0.25) is 4.79 Å². The standard InChI is InChI=1S/C15H28N2O3/c1-10(2)8-12(9-16-13(18)11-6-7-11)17-14(19)20-15(3,4)5/h10-12H,6-9H2,1-5H3,(H,16,18)(H,17,19)/t12-/m0/s1. The van der Waals surface area contributed by atoms with Gasteiger partial charge in [0.15, 0.2) is 0 Å². The van der Waals surface area contributed by atoms with Gasteiger partial charge in [0, 0.05) is 18.5 Å². The maximum absolute atomic E-state index is 11.8. The summed E-state index contributed by atoms with van der Waals surface area (Å²) in [5, 5.41) is 5.75. The molecule has 0 heterocycles. The lowest BCUT2D eigenvalue weighted by atomic mass is 10.0. The molecule has 1 saturated carbocycles. The first-order valence-electron chi connectivity index (χ1n) is 7.44. The molecule has 0 saturated heterocycles. The lowest BCUT2D eigenvalue weighted by Crippen LogP contribution is -2.46. The number of alkyl carbamates (subject to hydrolysis) is 1. The number of ether oxygens (including phenoxy) is 1. The van der Waals surface area contributed by atoms with Crippen molar-refractivity contribution < 1.29 is 14.3 Å². The van der Waals surface area contributed by atoms with Crippen LogP contribution in [0.5, 0.6) is 0 Å². The Morgan fingerprint density at radius 1 is 1.25 bits per heavy atom. The lowest BCUT2D eigenvalue weighted by molar-refractivity contribution is -0.122. The average molecular weight is 284 g/mol. The van der Waals surface area contributed by atoms with Crippen molar-refractivity contribution in [2.75, 3.05) is 6.54 Å². The molecule has 2 N–H and O–H groups in total. The summed E-state index contributed by atoms with van der Waals surface area (Å²) in [5.74, 6) is 0.730.